The van der Waals surface area contributed by atoms with Crippen molar-refractivity contribution in [2.45, 2.75) is 25.5 Å². The maximum Gasteiger partial charge on any atom is 0.332 e. The molecule has 0 saturated heterocycles. The molecule has 2 amide bonds. The molecule has 7 nitrogen and oxygen atoms in total. The zero-order chi connectivity index (χ0) is 13.4. The molecule has 4 N–H and O–H groups in total. The van der Waals surface area contributed by atoms with Gasteiger partial charge in [0, 0.05) is 25.6 Å². The number of aliphatic carboxylic acids is 1. The van der Waals surface area contributed by atoms with E-state index in [1.807, 2.05) is 25.9 Å². The number of hydrogen-bond acceptors (Lipinski definition) is 4. The topological polar surface area (TPSA) is 102 Å². The third kappa shape index (κ3) is 8.47. The van der Waals surface area contributed by atoms with E-state index in [4.69, 9.17) is 10.2 Å². The van der Waals surface area contributed by atoms with Crippen LogP contribution in [-0.4, -0.2) is 66.4 Å². The first-order chi connectivity index (χ1) is 7.82. The Morgan fingerprint density at radius 1 is 1.35 bits per heavy atom. The van der Waals surface area contributed by atoms with E-state index in [-0.39, 0.29) is 25.0 Å². The molecule has 0 aliphatic rings. The molecular weight excluding hydrogens is 226 g/mol. The number of hydrogen-bond donors (Lipinski definition) is 4. The molecule has 0 bridgehead atoms. The number of rotatable bonds is 7. The summed E-state index contributed by atoms with van der Waals surface area (Å²) in [7, 11) is 3.80. The molecule has 0 aliphatic heterocycles. The summed E-state index contributed by atoms with van der Waals surface area (Å²) < 4.78 is 0. The molecule has 2 atom stereocenters. The first-order valence-electron chi connectivity index (χ1n) is 5.43. The van der Waals surface area contributed by atoms with Crippen LogP contribution in [0.15, 0.2) is 0 Å². The fraction of sp³-hybridized carbons (Fsp3) is 0.800. The second-order valence-corrected chi connectivity index (χ2v) is 4.21. The van der Waals surface area contributed by atoms with Crippen molar-refractivity contribution in [2.24, 2.45) is 0 Å². The highest BCUT2D eigenvalue weighted by Crippen LogP contribution is 1.90. The number of aliphatic hydroxyl groups excluding tert-OH is 1. The number of urea groups is 1. The minimum absolute atomic E-state index is 0.00519. The van der Waals surface area contributed by atoms with E-state index in [0.29, 0.717) is 6.54 Å². The molecule has 0 rings (SSSR count). The van der Waals surface area contributed by atoms with E-state index >= 15 is 0 Å². The Labute approximate surface area is 101 Å². The van der Waals surface area contributed by atoms with Crippen LogP contribution in [0.25, 0.3) is 0 Å². The third-order valence-electron chi connectivity index (χ3n) is 2.00. The number of amides is 2. The number of nitrogens with one attached hydrogen (secondary N) is 2. The Morgan fingerprint density at radius 3 is 2.41 bits per heavy atom. The fourth-order valence-corrected chi connectivity index (χ4v) is 1.31. The summed E-state index contributed by atoms with van der Waals surface area (Å²) in [5, 5.41) is 22.5. The smallest absolute Gasteiger partial charge is 0.332 e. The van der Waals surface area contributed by atoms with Crippen molar-refractivity contribution in [3.63, 3.8) is 0 Å². The number of likely N-dealkylation sites (N-methyl/N-ethyl adjacent to an activating group) is 1. The van der Waals surface area contributed by atoms with Gasteiger partial charge in [0.25, 0.3) is 0 Å². The van der Waals surface area contributed by atoms with Crippen molar-refractivity contribution in [3.05, 3.63) is 0 Å². The van der Waals surface area contributed by atoms with Gasteiger partial charge in [-0.15, -0.1) is 0 Å². The van der Waals surface area contributed by atoms with E-state index in [0.717, 1.165) is 0 Å². The lowest BCUT2D eigenvalue weighted by molar-refractivity contribution is -0.146. The maximum atomic E-state index is 11.3. The number of carbonyl (C=O) groups is 2. The van der Waals surface area contributed by atoms with Gasteiger partial charge >= 0.3 is 12.0 Å². The lowest BCUT2D eigenvalue weighted by Crippen LogP contribution is -2.45. The molecule has 0 saturated carbocycles. The van der Waals surface area contributed by atoms with Gasteiger partial charge in [0.15, 0.2) is 6.10 Å². The Balaban J connectivity index is 3.69. The lowest BCUT2D eigenvalue weighted by Gasteiger charge is -2.18. The second-order valence-electron chi connectivity index (χ2n) is 4.21. The van der Waals surface area contributed by atoms with E-state index < -0.39 is 12.1 Å². The van der Waals surface area contributed by atoms with Crippen LogP contribution in [0.3, 0.4) is 0 Å². The van der Waals surface area contributed by atoms with E-state index in [2.05, 4.69) is 10.6 Å². The molecule has 100 valence electrons. The Hall–Kier alpha value is -1.34. The van der Waals surface area contributed by atoms with E-state index in [1.165, 1.54) is 0 Å². The summed E-state index contributed by atoms with van der Waals surface area (Å²) >= 11 is 0. The molecule has 0 aromatic rings. The fourth-order valence-electron chi connectivity index (χ4n) is 1.31. The van der Waals surface area contributed by atoms with Crippen LogP contribution in [0.4, 0.5) is 4.79 Å². The molecule has 0 aromatic heterocycles. The highest BCUT2D eigenvalue weighted by Gasteiger charge is 2.13. The van der Waals surface area contributed by atoms with Gasteiger partial charge in [0.05, 0.1) is 0 Å². The minimum Gasteiger partial charge on any atom is -0.479 e. The molecule has 0 aliphatic carbocycles. The first-order valence-corrected chi connectivity index (χ1v) is 5.43. The van der Waals surface area contributed by atoms with E-state index in [1.54, 1.807) is 0 Å². The number of carboxylic acid groups (broad SMARTS) is 1. The quantitative estimate of drug-likeness (QED) is 0.465. The van der Waals surface area contributed by atoms with Gasteiger partial charge in [-0.3, -0.25) is 0 Å². The van der Waals surface area contributed by atoms with Crippen molar-refractivity contribution in [2.75, 3.05) is 27.2 Å². The molecule has 7 heteroatoms. The monoisotopic (exact) mass is 247 g/mol. The highest BCUT2D eigenvalue weighted by molar-refractivity contribution is 5.74. The molecular formula is C10H21N3O4. The van der Waals surface area contributed by atoms with Crippen LogP contribution in [0.1, 0.15) is 13.3 Å². The summed E-state index contributed by atoms with van der Waals surface area (Å²) in [6.45, 7) is 2.70. The molecule has 0 spiro atoms. The number of carboxylic acids is 1. The van der Waals surface area contributed by atoms with Gasteiger partial charge < -0.3 is 25.7 Å². The van der Waals surface area contributed by atoms with Crippen LogP contribution in [-0.2, 0) is 4.79 Å². The highest BCUT2D eigenvalue weighted by atomic mass is 16.4. The Kier molecular flexibility index (Phi) is 7.24. The van der Waals surface area contributed by atoms with Crippen LogP contribution in [0.2, 0.25) is 0 Å². The lowest BCUT2D eigenvalue weighted by atomic mass is 10.2. The van der Waals surface area contributed by atoms with Gasteiger partial charge in [-0.1, -0.05) is 0 Å². The number of carbonyl (C=O) groups excluding carboxylic acids is 1. The SMILES string of the molecule is CC(CN(C)C)NC(=O)NCC[C@H](O)C(=O)O. The largest absolute Gasteiger partial charge is 0.479 e. The predicted octanol–water partition coefficient (Wildman–Crippen LogP) is -0.929. The maximum absolute atomic E-state index is 11.3. The van der Waals surface area contributed by atoms with Crippen molar-refractivity contribution < 1.29 is 19.8 Å². The first kappa shape index (κ1) is 15.7. The predicted molar refractivity (Wildman–Crippen MR) is 62.8 cm³/mol. The van der Waals surface area contributed by atoms with Crippen LogP contribution in [0, 0.1) is 0 Å². The summed E-state index contributed by atoms with van der Waals surface area (Å²) in [4.78, 5) is 23.6. The van der Waals surface area contributed by atoms with E-state index in [9.17, 15) is 9.59 Å². The number of nitrogens with zero attached hydrogens (tertiary/aromatic N) is 1. The van der Waals surface area contributed by atoms with Crippen LogP contribution < -0.4 is 10.6 Å². The summed E-state index contributed by atoms with van der Waals surface area (Å²) in [6, 6.07) is -0.369. The summed E-state index contributed by atoms with van der Waals surface area (Å²) in [5.41, 5.74) is 0. The minimum atomic E-state index is -1.44. The average Bonchev–Trinajstić information content (AvgIpc) is 2.15. The Bertz CT molecular complexity index is 258. The summed E-state index contributed by atoms with van der Waals surface area (Å²) in [6.07, 6.45) is -1.44. The Morgan fingerprint density at radius 2 is 1.94 bits per heavy atom. The van der Waals surface area contributed by atoms with Crippen molar-refractivity contribution in [1.82, 2.24) is 15.5 Å². The van der Waals surface area contributed by atoms with Crippen molar-refractivity contribution in [3.8, 4) is 0 Å². The van der Waals surface area contributed by atoms with Crippen molar-refractivity contribution >= 4 is 12.0 Å². The molecule has 0 aromatic carbocycles. The second kappa shape index (κ2) is 7.86. The molecule has 1 unspecified atom stereocenters. The van der Waals surface area contributed by atoms with Gasteiger partial charge in [0.1, 0.15) is 0 Å². The average molecular weight is 247 g/mol. The van der Waals surface area contributed by atoms with Crippen LogP contribution in [0.5, 0.6) is 0 Å². The number of aliphatic hydroxyl groups is 1. The normalized spacial score (nSPS) is 14.2. The zero-order valence-corrected chi connectivity index (χ0v) is 10.4. The third-order valence-corrected chi connectivity index (χ3v) is 2.00. The van der Waals surface area contributed by atoms with Gasteiger partial charge in [-0.2, -0.15) is 0 Å². The summed E-state index contributed by atoms with van der Waals surface area (Å²) in [5.74, 6) is -1.28. The van der Waals surface area contributed by atoms with Gasteiger partial charge in [0.2, 0.25) is 0 Å². The van der Waals surface area contributed by atoms with Crippen LogP contribution >= 0.6 is 0 Å². The van der Waals surface area contributed by atoms with Gasteiger partial charge in [-0.25, -0.2) is 9.59 Å². The zero-order valence-electron chi connectivity index (χ0n) is 10.4. The van der Waals surface area contributed by atoms with Crippen molar-refractivity contribution in [1.29, 1.82) is 0 Å². The molecule has 0 heterocycles. The molecule has 17 heavy (non-hydrogen) atoms. The molecule has 0 fully saturated rings. The van der Waals surface area contributed by atoms with Gasteiger partial charge in [-0.05, 0) is 21.0 Å². The standard InChI is InChI=1S/C10H21N3O4/c1-7(6-13(2)3)12-10(17)11-5-4-8(14)9(15)16/h7-8,14H,4-6H2,1-3H3,(H,15,16)(H2,11,12,17)/t7?,8-/m0/s1. The molecule has 0 radical (unpaired) electrons.